The first-order chi connectivity index (χ1) is 10.5. The molecule has 22 heavy (non-hydrogen) atoms. The summed E-state index contributed by atoms with van der Waals surface area (Å²) in [7, 11) is -0.254. The smallest absolute Gasteiger partial charge is 0.223 e. The summed E-state index contributed by atoms with van der Waals surface area (Å²) in [4.78, 5) is 0. The van der Waals surface area contributed by atoms with E-state index in [0.717, 1.165) is 23.3 Å². The SMILES string of the molecule is CC[Si](CC)(OC)c1ccc(-c2cc(F)c(F)cc2F)cc1. The molecule has 1 nitrogen and oxygen atoms in total. The summed E-state index contributed by atoms with van der Waals surface area (Å²) in [5, 5.41) is 1.12. The van der Waals surface area contributed by atoms with Crippen molar-refractivity contribution >= 4 is 13.5 Å². The first kappa shape index (κ1) is 16.8. The van der Waals surface area contributed by atoms with Gasteiger partial charge in [-0.05, 0) is 28.9 Å². The zero-order valence-corrected chi connectivity index (χ0v) is 13.9. The van der Waals surface area contributed by atoms with Crippen molar-refractivity contribution in [2.75, 3.05) is 7.11 Å². The lowest BCUT2D eigenvalue weighted by atomic mass is 10.1. The average Bonchev–Trinajstić information content (AvgIpc) is 2.54. The molecule has 5 heteroatoms. The predicted molar refractivity (Wildman–Crippen MR) is 85.1 cm³/mol. The molecule has 0 saturated carbocycles. The Morgan fingerprint density at radius 2 is 1.41 bits per heavy atom. The highest BCUT2D eigenvalue weighted by atomic mass is 28.4. The number of hydrogen-bond donors (Lipinski definition) is 0. The van der Waals surface area contributed by atoms with E-state index < -0.39 is 25.8 Å². The van der Waals surface area contributed by atoms with Crippen molar-refractivity contribution in [1.29, 1.82) is 0 Å². The van der Waals surface area contributed by atoms with Crippen molar-refractivity contribution in [3.63, 3.8) is 0 Å². The molecule has 0 spiro atoms. The van der Waals surface area contributed by atoms with Gasteiger partial charge in [0, 0.05) is 18.7 Å². The molecule has 0 saturated heterocycles. The van der Waals surface area contributed by atoms with Gasteiger partial charge in [0.2, 0.25) is 8.32 Å². The van der Waals surface area contributed by atoms with Crippen molar-refractivity contribution in [2.45, 2.75) is 25.9 Å². The van der Waals surface area contributed by atoms with Crippen LogP contribution in [0.4, 0.5) is 13.2 Å². The zero-order chi connectivity index (χ0) is 16.3. The van der Waals surface area contributed by atoms with E-state index in [-0.39, 0.29) is 5.56 Å². The fourth-order valence-corrected chi connectivity index (χ4v) is 5.67. The first-order valence-corrected chi connectivity index (χ1v) is 9.60. The molecule has 0 N–H and O–H groups in total. The number of hydrogen-bond acceptors (Lipinski definition) is 1. The van der Waals surface area contributed by atoms with Gasteiger partial charge >= 0.3 is 0 Å². The van der Waals surface area contributed by atoms with E-state index in [1.165, 1.54) is 0 Å². The molecule has 0 fully saturated rings. The molecule has 0 atom stereocenters. The molecule has 2 rings (SSSR count). The van der Waals surface area contributed by atoms with Gasteiger partial charge in [-0.2, -0.15) is 0 Å². The molecule has 0 aromatic heterocycles. The molecule has 0 amide bonds. The molecular weight excluding hydrogens is 305 g/mol. The number of halogens is 3. The van der Waals surface area contributed by atoms with Crippen LogP contribution in [0.3, 0.4) is 0 Å². The molecule has 0 heterocycles. The largest absolute Gasteiger partial charge is 0.416 e. The van der Waals surface area contributed by atoms with Crippen molar-refractivity contribution in [3.8, 4) is 11.1 Å². The molecule has 0 unspecified atom stereocenters. The monoisotopic (exact) mass is 324 g/mol. The summed E-state index contributed by atoms with van der Waals surface area (Å²) in [6.07, 6.45) is 0. The summed E-state index contributed by atoms with van der Waals surface area (Å²) < 4.78 is 45.9. The standard InChI is InChI=1S/C17H19F3OSi/c1-4-22(5-2,21-3)13-8-6-12(7-9-13)14-10-16(19)17(20)11-15(14)18/h6-11H,4-5H2,1-3H3. The number of rotatable bonds is 5. The van der Waals surface area contributed by atoms with Gasteiger partial charge in [0.05, 0.1) is 0 Å². The Balaban J connectivity index is 2.43. The summed E-state index contributed by atoms with van der Waals surface area (Å²) >= 11 is 0. The third-order valence-corrected chi connectivity index (χ3v) is 8.72. The minimum Gasteiger partial charge on any atom is -0.416 e. The zero-order valence-electron chi connectivity index (χ0n) is 12.9. The van der Waals surface area contributed by atoms with Crippen molar-refractivity contribution in [2.24, 2.45) is 0 Å². The van der Waals surface area contributed by atoms with Gasteiger partial charge in [0.15, 0.2) is 11.6 Å². The Bertz CT molecular complexity index is 643. The fourth-order valence-electron chi connectivity index (χ4n) is 2.76. The fraction of sp³-hybridized carbons (Fsp3) is 0.294. The summed E-state index contributed by atoms with van der Waals surface area (Å²) in [5.41, 5.74) is 0.578. The maximum absolute atomic E-state index is 13.8. The predicted octanol–water partition coefficient (Wildman–Crippen LogP) is 4.61. The highest BCUT2D eigenvalue weighted by Gasteiger charge is 2.32. The van der Waals surface area contributed by atoms with Gasteiger partial charge < -0.3 is 4.43 Å². The average molecular weight is 324 g/mol. The molecule has 0 bridgehead atoms. The van der Waals surface area contributed by atoms with Crippen LogP contribution in [0.1, 0.15) is 13.8 Å². The third kappa shape index (κ3) is 2.96. The van der Waals surface area contributed by atoms with Gasteiger partial charge in [0.25, 0.3) is 0 Å². The second-order valence-electron chi connectivity index (χ2n) is 5.23. The minimum atomic E-state index is -1.98. The van der Waals surface area contributed by atoms with Gasteiger partial charge in [0.1, 0.15) is 5.82 Å². The molecular formula is C17H19F3OSi. The van der Waals surface area contributed by atoms with Gasteiger partial charge in [-0.1, -0.05) is 38.1 Å². The Hall–Kier alpha value is -1.59. The van der Waals surface area contributed by atoms with E-state index in [1.54, 1.807) is 19.2 Å². The Morgan fingerprint density at radius 1 is 0.864 bits per heavy atom. The van der Waals surface area contributed by atoms with Crippen LogP contribution in [0.25, 0.3) is 11.1 Å². The van der Waals surface area contributed by atoms with Gasteiger partial charge in [-0.15, -0.1) is 0 Å². The molecule has 0 aliphatic carbocycles. The van der Waals surface area contributed by atoms with Gasteiger partial charge in [-0.3, -0.25) is 0 Å². The normalized spacial score (nSPS) is 11.7. The summed E-state index contributed by atoms with van der Waals surface area (Å²) in [6, 6.07) is 10.6. The first-order valence-electron chi connectivity index (χ1n) is 7.28. The van der Waals surface area contributed by atoms with Gasteiger partial charge in [-0.25, -0.2) is 13.2 Å². The Labute approximate surface area is 129 Å². The van der Waals surface area contributed by atoms with Crippen LogP contribution < -0.4 is 5.19 Å². The van der Waals surface area contributed by atoms with Crippen molar-refractivity contribution in [1.82, 2.24) is 0 Å². The van der Waals surface area contributed by atoms with Crippen molar-refractivity contribution in [3.05, 3.63) is 53.8 Å². The van der Waals surface area contributed by atoms with Crippen LogP contribution in [-0.2, 0) is 4.43 Å². The van der Waals surface area contributed by atoms with E-state index in [1.807, 2.05) is 12.1 Å². The minimum absolute atomic E-state index is 0.0585. The van der Waals surface area contributed by atoms with Crippen LogP contribution in [-0.4, -0.2) is 15.4 Å². The van der Waals surface area contributed by atoms with Crippen LogP contribution in [0.5, 0.6) is 0 Å². The van der Waals surface area contributed by atoms with E-state index in [9.17, 15) is 13.2 Å². The lowest BCUT2D eigenvalue weighted by Gasteiger charge is -2.27. The Kier molecular flexibility index (Phi) is 5.08. The number of benzene rings is 2. The third-order valence-electron chi connectivity index (χ3n) is 4.26. The van der Waals surface area contributed by atoms with E-state index >= 15 is 0 Å². The summed E-state index contributed by atoms with van der Waals surface area (Å²) in [6.45, 7) is 4.20. The highest BCUT2D eigenvalue weighted by Crippen LogP contribution is 2.25. The maximum atomic E-state index is 13.8. The Morgan fingerprint density at radius 3 is 1.91 bits per heavy atom. The van der Waals surface area contributed by atoms with Crippen LogP contribution in [0.15, 0.2) is 36.4 Å². The van der Waals surface area contributed by atoms with E-state index in [2.05, 4.69) is 13.8 Å². The van der Waals surface area contributed by atoms with E-state index in [0.29, 0.717) is 11.6 Å². The second-order valence-corrected chi connectivity index (χ2v) is 9.62. The quantitative estimate of drug-likeness (QED) is 0.576. The molecule has 2 aromatic rings. The summed E-state index contributed by atoms with van der Waals surface area (Å²) in [5.74, 6) is -3.00. The van der Waals surface area contributed by atoms with Crippen LogP contribution in [0, 0.1) is 17.5 Å². The van der Waals surface area contributed by atoms with Crippen LogP contribution >= 0.6 is 0 Å². The molecule has 0 radical (unpaired) electrons. The lowest BCUT2D eigenvalue weighted by Crippen LogP contribution is -2.48. The van der Waals surface area contributed by atoms with Crippen LogP contribution in [0.2, 0.25) is 12.1 Å². The molecule has 118 valence electrons. The molecule has 0 aliphatic rings. The van der Waals surface area contributed by atoms with Crippen molar-refractivity contribution < 1.29 is 17.6 Å². The molecule has 2 aromatic carbocycles. The topological polar surface area (TPSA) is 9.23 Å². The lowest BCUT2D eigenvalue weighted by molar-refractivity contribution is 0.405. The molecule has 0 aliphatic heterocycles. The second kappa shape index (κ2) is 6.67. The highest BCUT2D eigenvalue weighted by molar-refractivity contribution is 6.86. The maximum Gasteiger partial charge on any atom is 0.223 e. The van der Waals surface area contributed by atoms with E-state index in [4.69, 9.17) is 4.43 Å².